The molecule has 2 fully saturated rings. The number of aromatic nitrogens is 2. The van der Waals surface area contributed by atoms with Crippen LogP contribution in [0.1, 0.15) is 34.1 Å². The van der Waals surface area contributed by atoms with Gasteiger partial charge in [0, 0.05) is 45.8 Å². The van der Waals surface area contributed by atoms with Crippen LogP contribution in [0.3, 0.4) is 0 Å². The number of likely N-dealkylation sites (N-methyl/N-ethyl adjacent to an activating group) is 1. The number of hydrogen-bond donors (Lipinski definition) is 0. The zero-order valence-electron chi connectivity index (χ0n) is 20.3. The highest BCUT2D eigenvalue weighted by molar-refractivity contribution is 7.90. The smallest absolute Gasteiger partial charge is 0.295 e. The Labute approximate surface area is 200 Å². The zero-order valence-corrected chi connectivity index (χ0v) is 21.1. The quantitative estimate of drug-likeness (QED) is 0.567. The van der Waals surface area contributed by atoms with Crippen molar-refractivity contribution in [2.24, 2.45) is 5.92 Å². The third-order valence-electron chi connectivity index (χ3n) is 6.64. The summed E-state index contributed by atoms with van der Waals surface area (Å²) in [5, 5.41) is 3.78. The summed E-state index contributed by atoms with van der Waals surface area (Å²) in [6.45, 7) is 9.95. The number of rotatable bonds is 7. The lowest BCUT2D eigenvalue weighted by molar-refractivity contribution is 0.0764. The Morgan fingerprint density at radius 2 is 1.82 bits per heavy atom. The number of hydrogen-bond acceptors (Lipinski definition) is 9. The summed E-state index contributed by atoms with van der Waals surface area (Å²) in [7, 11) is -0.0738. The van der Waals surface area contributed by atoms with E-state index in [1.165, 1.54) is 7.11 Å². The summed E-state index contributed by atoms with van der Waals surface area (Å²) < 4.78 is 36.5. The lowest BCUT2D eigenvalue weighted by atomic mass is 10.1. The second-order valence-electron chi connectivity index (χ2n) is 9.37. The Morgan fingerprint density at radius 3 is 2.47 bits per heavy atom. The number of aryl methyl sites for hydroxylation is 2. The Kier molecular flexibility index (Phi) is 7.25. The van der Waals surface area contributed by atoms with E-state index in [1.807, 2.05) is 0 Å². The first-order valence-corrected chi connectivity index (χ1v) is 13.2. The number of piperazine rings is 1. The molecule has 0 aliphatic carbocycles. The molecule has 2 saturated heterocycles. The molecule has 0 bridgehead atoms. The lowest BCUT2D eigenvalue weighted by Gasteiger charge is -2.33. The van der Waals surface area contributed by atoms with Gasteiger partial charge in [0.2, 0.25) is 5.89 Å². The van der Waals surface area contributed by atoms with Crippen molar-refractivity contribution in [3.05, 3.63) is 35.0 Å². The number of methoxy groups -OCH3 is 1. The van der Waals surface area contributed by atoms with Gasteiger partial charge in [-0.2, -0.15) is 4.98 Å². The maximum absolute atomic E-state index is 13.1. The van der Waals surface area contributed by atoms with E-state index in [2.05, 4.69) is 27.0 Å². The first-order valence-electron chi connectivity index (χ1n) is 11.6. The predicted molar refractivity (Wildman–Crippen MR) is 126 cm³/mol. The van der Waals surface area contributed by atoms with Crippen LogP contribution in [-0.4, -0.2) is 99.1 Å². The molecular weight excluding hydrogens is 458 g/mol. The van der Waals surface area contributed by atoms with Crippen LogP contribution < -0.4 is 4.74 Å². The molecule has 0 radical (unpaired) electrons. The average molecular weight is 492 g/mol. The Morgan fingerprint density at radius 1 is 1.15 bits per heavy atom. The van der Waals surface area contributed by atoms with Crippen LogP contribution in [0, 0.1) is 19.8 Å². The van der Waals surface area contributed by atoms with Gasteiger partial charge in [0.15, 0.2) is 9.84 Å². The fraction of sp³-hybridized carbons (Fsp3) is 0.609. The Balaban J connectivity index is 1.38. The normalized spacial score (nSPS) is 20.1. The molecule has 0 N–H and O–H groups in total. The monoisotopic (exact) mass is 491 g/mol. The van der Waals surface area contributed by atoms with Crippen molar-refractivity contribution in [3.8, 4) is 5.75 Å². The third kappa shape index (κ3) is 5.42. The van der Waals surface area contributed by atoms with Crippen LogP contribution in [0.2, 0.25) is 0 Å². The summed E-state index contributed by atoms with van der Waals surface area (Å²) >= 11 is 0. The number of sulfone groups is 1. The van der Waals surface area contributed by atoms with Crippen molar-refractivity contribution in [2.75, 3.05) is 60.0 Å². The van der Waals surface area contributed by atoms with Crippen LogP contribution in [0.4, 0.5) is 0 Å². The molecule has 11 heteroatoms. The Bertz CT molecular complexity index is 1120. The number of carbonyl (C=O) groups is 1. The molecule has 1 atom stereocenters. The molecule has 186 valence electrons. The van der Waals surface area contributed by atoms with Crippen LogP contribution in [0.25, 0.3) is 0 Å². The van der Waals surface area contributed by atoms with Crippen molar-refractivity contribution >= 4 is 15.7 Å². The molecule has 2 aliphatic heterocycles. The number of benzene rings is 1. The van der Waals surface area contributed by atoms with E-state index < -0.39 is 15.6 Å². The molecule has 2 aromatic rings. The van der Waals surface area contributed by atoms with E-state index in [4.69, 9.17) is 9.26 Å². The number of amides is 1. The van der Waals surface area contributed by atoms with Gasteiger partial charge in [0.05, 0.1) is 12.0 Å². The molecule has 1 aromatic carbocycles. The average Bonchev–Trinajstić information content (AvgIpc) is 3.43. The zero-order chi connectivity index (χ0) is 24.5. The fourth-order valence-corrected chi connectivity index (χ4v) is 6.54. The molecule has 34 heavy (non-hydrogen) atoms. The largest absolute Gasteiger partial charge is 0.497 e. The summed E-state index contributed by atoms with van der Waals surface area (Å²) in [4.78, 5) is 23.8. The minimum Gasteiger partial charge on any atom is -0.497 e. The minimum absolute atomic E-state index is 0.0892. The first kappa shape index (κ1) is 24.6. The highest BCUT2D eigenvalue weighted by Gasteiger charge is 2.32. The molecule has 3 heterocycles. The molecule has 0 saturated carbocycles. The maximum Gasteiger partial charge on any atom is 0.295 e. The second-order valence-corrected chi connectivity index (χ2v) is 11.3. The summed E-state index contributed by atoms with van der Waals surface area (Å²) in [5.41, 5.74) is 1.16. The van der Waals surface area contributed by atoms with E-state index in [9.17, 15) is 13.2 Å². The lowest BCUT2D eigenvalue weighted by Crippen LogP contribution is -2.46. The number of carbonyl (C=O) groups excluding carboxylic acids is 1. The molecule has 1 amide bonds. The van der Waals surface area contributed by atoms with Gasteiger partial charge in [-0.3, -0.25) is 4.79 Å². The topological polar surface area (TPSA) is 109 Å². The van der Waals surface area contributed by atoms with Crippen molar-refractivity contribution in [3.63, 3.8) is 0 Å². The van der Waals surface area contributed by atoms with E-state index in [-0.39, 0.29) is 22.5 Å². The van der Waals surface area contributed by atoms with E-state index in [0.29, 0.717) is 35.9 Å². The van der Waals surface area contributed by atoms with Gasteiger partial charge in [-0.1, -0.05) is 5.16 Å². The minimum atomic E-state index is -3.75. The van der Waals surface area contributed by atoms with Gasteiger partial charge < -0.3 is 24.0 Å². The van der Waals surface area contributed by atoms with Crippen molar-refractivity contribution in [1.82, 2.24) is 24.8 Å². The summed E-state index contributed by atoms with van der Waals surface area (Å²) in [5.74, 6) is 0.0500. The van der Waals surface area contributed by atoms with Crippen molar-refractivity contribution in [1.29, 1.82) is 0 Å². The first-order chi connectivity index (χ1) is 16.2. The highest BCUT2D eigenvalue weighted by atomic mass is 32.2. The Hall–Kier alpha value is -2.50. The van der Waals surface area contributed by atoms with Gasteiger partial charge in [0.1, 0.15) is 11.5 Å². The second kappa shape index (κ2) is 10.0. The van der Waals surface area contributed by atoms with Gasteiger partial charge in [-0.25, -0.2) is 8.42 Å². The van der Waals surface area contributed by atoms with Crippen LogP contribution >= 0.6 is 0 Å². The van der Waals surface area contributed by atoms with Crippen LogP contribution in [0.15, 0.2) is 21.6 Å². The summed E-state index contributed by atoms with van der Waals surface area (Å²) in [6, 6.07) is 3.35. The molecule has 1 aromatic heterocycles. The molecule has 0 spiro atoms. The maximum atomic E-state index is 13.1. The van der Waals surface area contributed by atoms with E-state index >= 15 is 0 Å². The standard InChI is InChI=1S/C23H33N5O5S/c1-16-11-19(32-4)12-17(2)21(16)34(30,31)15-20-24-22(25-33-20)23(29)28-6-5-18(14-28)13-27-9-7-26(3)8-10-27/h11-12,18H,5-10,13-15H2,1-4H3. The molecule has 2 aliphatic rings. The number of nitrogens with zero attached hydrogens (tertiary/aromatic N) is 5. The van der Waals surface area contributed by atoms with Gasteiger partial charge >= 0.3 is 0 Å². The molecular formula is C23H33N5O5S. The highest BCUT2D eigenvalue weighted by Crippen LogP contribution is 2.28. The van der Waals surface area contributed by atoms with Gasteiger partial charge in [0.25, 0.3) is 11.7 Å². The van der Waals surface area contributed by atoms with Crippen molar-refractivity contribution < 1.29 is 22.5 Å². The fourth-order valence-electron chi connectivity index (χ4n) is 4.86. The number of likely N-dealkylation sites (tertiary alicyclic amines) is 1. The van der Waals surface area contributed by atoms with Gasteiger partial charge in [-0.05, 0) is 56.5 Å². The van der Waals surface area contributed by atoms with Crippen LogP contribution in [0.5, 0.6) is 5.75 Å². The van der Waals surface area contributed by atoms with Crippen molar-refractivity contribution in [2.45, 2.75) is 30.9 Å². The molecule has 10 nitrogen and oxygen atoms in total. The van der Waals surface area contributed by atoms with Gasteiger partial charge in [-0.15, -0.1) is 0 Å². The molecule has 1 unspecified atom stereocenters. The van der Waals surface area contributed by atoms with Crippen LogP contribution in [-0.2, 0) is 15.6 Å². The summed E-state index contributed by atoms with van der Waals surface area (Å²) in [6.07, 6.45) is 0.938. The van der Waals surface area contributed by atoms with E-state index in [1.54, 1.807) is 30.9 Å². The SMILES string of the molecule is COc1cc(C)c(S(=O)(=O)Cc2nc(C(=O)N3CCC(CN4CCN(C)CC4)C3)no2)c(C)c1. The molecule has 4 rings (SSSR count). The third-order valence-corrected chi connectivity index (χ3v) is 8.53. The number of ether oxygens (including phenoxy) is 1. The van der Waals surface area contributed by atoms with E-state index in [0.717, 1.165) is 39.1 Å². The predicted octanol–water partition coefficient (Wildman–Crippen LogP) is 1.38.